The zero-order valence-corrected chi connectivity index (χ0v) is 22.7. The molecule has 198 valence electrons. The summed E-state index contributed by atoms with van der Waals surface area (Å²) in [4.78, 5) is 32.0. The van der Waals surface area contributed by atoms with Crippen molar-refractivity contribution < 1.29 is 19.0 Å². The fourth-order valence-corrected chi connectivity index (χ4v) is 5.58. The van der Waals surface area contributed by atoms with Crippen LogP contribution in [0.3, 0.4) is 0 Å². The Morgan fingerprint density at radius 3 is 2.46 bits per heavy atom. The van der Waals surface area contributed by atoms with E-state index in [-0.39, 0.29) is 12.2 Å². The first kappa shape index (κ1) is 26.2. The number of allylic oxidation sites excluding steroid dienone is 1. The summed E-state index contributed by atoms with van der Waals surface area (Å²) in [6, 6.07) is 24.2. The van der Waals surface area contributed by atoms with Crippen molar-refractivity contribution in [3.05, 3.63) is 127 Å². The number of carbonyl (C=O) groups is 1. The predicted molar refractivity (Wildman–Crippen MR) is 151 cm³/mol. The van der Waals surface area contributed by atoms with Crippen LogP contribution in [0.15, 0.2) is 99.9 Å². The van der Waals surface area contributed by atoms with Gasteiger partial charge in [-0.15, -0.1) is 0 Å². The molecule has 1 aliphatic heterocycles. The van der Waals surface area contributed by atoms with Crippen molar-refractivity contribution in [3.63, 3.8) is 0 Å². The third-order valence-corrected chi connectivity index (χ3v) is 7.36. The van der Waals surface area contributed by atoms with Crippen LogP contribution in [-0.4, -0.2) is 24.3 Å². The molecule has 1 unspecified atom stereocenters. The lowest BCUT2D eigenvalue weighted by Gasteiger charge is -2.25. The van der Waals surface area contributed by atoms with E-state index >= 15 is 0 Å². The van der Waals surface area contributed by atoms with Crippen molar-refractivity contribution in [2.75, 3.05) is 13.7 Å². The Labute approximate surface area is 229 Å². The van der Waals surface area contributed by atoms with Gasteiger partial charge in [0.2, 0.25) is 0 Å². The highest BCUT2D eigenvalue weighted by atomic mass is 32.1. The molecule has 0 spiro atoms. The molecule has 1 aliphatic rings. The number of carbonyl (C=O) groups excluding carboxylic acids is 1. The molecule has 0 radical (unpaired) electrons. The summed E-state index contributed by atoms with van der Waals surface area (Å²) in [5, 5.41) is 0. The van der Waals surface area contributed by atoms with E-state index in [2.05, 4.69) is 4.99 Å². The minimum absolute atomic E-state index is 0.212. The van der Waals surface area contributed by atoms with Gasteiger partial charge in [-0.25, -0.2) is 9.79 Å². The number of ether oxygens (including phenoxy) is 3. The van der Waals surface area contributed by atoms with E-state index in [0.717, 1.165) is 16.9 Å². The van der Waals surface area contributed by atoms with Gasteiger partial charge >= 0.3 is 5.97 Å². The van der Waals surface area contributed by atoms with Crippen LogP contribution in [0, 0.1) is 0 Å². The molecule has 1 aromatic heterocycles. The number of hydrogen-bond donors (Lipinski definition) is 0. The van der Waals surface area contributed by atoms with Crippen LogP contribution in [0.4, 0.5) is 0 Å². The number of thiazole rings is 1. The largest absolute Gasteiger partial charge is 0.496 e. The van der Waals surface area contributed by atoms with Crippen molar-refractivity contribution in [2.24, 2.45) is 4.99 Å². The van der Waals surface area contributed by atoms with Crippen LogP contribution in [-0.2, 0) is 16.1 Å². The molecule has 0 N–H and O–H groups in total. The van der Waals surface area contributed by atoms with E-state index in [1.807, 2.05) is 84.9 Å². The van der Waals surface area contributed by atoms with Gasteiger partial charge < -0.3 is 14.2 Å². The predicted octanol–water partition coefficient (Wildman–Crippen LogP) is 4.39. The smallest absolute Gasteiger partial charge is 0.338 e. The van der Waals surface area contributed by atoms with Crippen LogP contribution in [0.5, 0.6) is 11.5 Å². The Hall–Kier alpha value is -4.43. The quantitative estimate of drug-likeness (QED) is 0.310. The van der Waals surface area contributed by atoms with Crippen LogP contribution in [0.2, 0.25) is 0 Å². The van der Waals surface area contributed by atoms with Crippen LogP contribution in [0.1, 0.15) is 36.6 Å². The Balaban J connectivity index is 1.53. The summed E-state index contributed by atoms with van der Waals surface area (Å²) in [6.45, 7) is 4.20. The number of aromatic nitrogens is 1. The Bertz CT molecular complexity index is 1700. The van der Waals surface area contributed by atoms with E-state index in [9.17, 15) is 9.59 Å². The van der Waals surface area contributed by atoms with E-state index in [4.69, 9.17) is 14.2 Å². The maximum atomic E-state index is 13.8. The molecule has 0 saturated heterocycles. The molecule has 3 aromatic carbocycles. The second-order valence-corrected chi connectivity index (χ2v) is 9.90. The first-order valence-electron chi connectivity index (χ1n) is 12.6. The molecule has 4 aromatic rings. The molecule has 0 fully saturated rings. The lowest BCUT2D eigenvalue weighted by Crippen LogP contribution is -2.40. The zero-order valence-electron chi connectivity index (χ0n) is 21.9. The zero-order chi connectivity index (χ0) is 27.4. The van der Waals surface area contributed by atoms with Gasteiger partial charge in [0.05, 0.1) is 29.5 Å². The van der Waals surface area contributed by atoms with Crippen molar-refractivity contribution in [2.45, 2.75) is 26.5 Å². The summed E-state index contributed by atoms with van der Waals surface area (Å²) in [5.41, 5.74) is 3.21. The van der Waals surface area contributed by atoms with Crippen molar-refractivity contribution in [1.29, 1.82) is 0 Å². The number of para-hydroxylation sites is 1. The molecule has 0 amide bonds. The van der Waals surface area contributed by atoms with Crippen LogP contribution < -0.4 is 24.4 Å². The fourth-order valence-electron chi connectivity index (χ4n) is 4.53. The van der Waals surface area contributed by atoms with Crippen LogP contribution in [0.25, 0.3) is 6.08 Å². The van der Waals surface area contributed by atoms with Gasteiger partial charge in [0, 0.05) is 5.56 Å². The molecular formula is C31H28N2O5S. The summed E-state index contributed by atoms with van der Waals surface area (Å²) in [7, 11) is 1.57. The number of esters is 1. The maximum absolute atomic E-state index is 13.8. The molecule has 0 aliphatic carbocycles. The average Bonchev–Trinajstić information content (AvgIpc) is 3.26. The van der Waals surface area contributed by atoms with Gasteiger partial charge in [0.1, 0.15) is 24.1 Å². The number of fused-ring (bicyclic) bond motifs is 1. The molecular weight excluding hydrogens is 512 g/mol. The minimum Gasteiger partial charge on any atom is -0.496 e. The van der Waals surface area contributed by atoms with E-state index in [1.54, 1.807) is 25.5 Å². The standard InChI is InChI=1S/C31H28N2O5S/c1-4-37-30(35)27-20(2)32-31-33(28(27)24-12-8-9-13-25(24)36-3)29(34)26(39-31)18-21-14-16-23(17-15-21)38-19-22-10-6-5-7-11-22/h5-18,28H,4,19H2,1-3H3/b26-18-. The third kappa shape index (κ3) is 5.42. The molecule has 0 saturated carbocycles. The van der Waals surface area contributed by atoms with E-state index < -0.39 is 12.0 Å². The molecule has 5 rings (SSSR count). The highest BCUT2D eigenvalue weighted by Crippen LogP contribution is 2.35. The lowest BCUT2D eigenvalue weighted by atomic mass is 9.95. The summed E-state index contributed by atoms with van der Waals surface area (Å²) in [5.74, 6) is 0.804. The van der Waals surface area contributed by atoms with Gasteiger partial charge in [-0.2, -0.15) is 0 Å². The maximum Gasteiger partial charge on any atom is 0.338 e. The number of benzene rings is 3. The SMILES string of the molecule is CCOC(=O)C1=C(C)N=c2s/c(=C\c3ccc(OCc4ccccc4)cc3)c(=O)n2C1c1ccccc1OC. The molecule has 2 heterocycles. The molecule has 1 atom stereocenters. The Morgan fingerprint density at radius 1 is 1.03 bits per heavy atom. The van der Waals surface area contributed by atoms with Gasteiger partial charge in [0.15, 0.2) is 4.80 Å². The minimum atomic E-state index is -0.729. The number of rotatable bonds is 8. The lowest BCUT2D eigenvalue weighted by molar-refractivity contribution is -0.139. The van der Waals surface area contributed by atoms with E-state index in [0.29, 0.717) is 38.5 Å². The van der Waals surface area contributed by atoms with Crippen molar-refractivity contribution in [1.82, 2.24) is 4.57 Å². The third-order valence-electron chi connectivity index (χ3n) is 6.38. The fraction of sp³-hybridized carbons (Fsp3) is 0.194. The molecule has 0 bridgehead atoms. The molecule has 8 heteroatoms. The highest BCUT2D eigenvalue weighted by Gasteiger charge is 2.34. The number of hydrogen-bond acceptors (Lipinski definition) is 7. The first-order chi connectivity index (χ1) is 19.0. The monoisotopic (exact) mass is 540 g/mol. The average molecular weight is 541 g/mol. The second-order valence-electron chi connectivity index (χ2n) is 8.89. The van der Waals surface area contributed by atoms with Crippen LogP contribution >= 0.6 is 11.3 Å². The number of methoxy groups -OCH3 is 1. The van der Waals surface area contributed by atoms with Gasteiger partial charge in [0.25, 0.3) is 5.56 Å². The van der Waals surface area contributed by atoms with Gasteiger partial charge in [-0.05, 0) is 49.2 Å². The topological polar surface area (TPSA) is 79.1 Å². The molecule has 7 nitrogen and oxygen atoms in total. The summed E-state index contributed by atoms with van der Waals surface area (Å²) in [6.07, 6.45) is 1.83. The van der Waals surface area contributed by atoms with Crippen molar-refractivity contribution in [3.8, 4) is 11.5 Å². The Morgan fingerprint density at radius 2 is 1.74 bits per heavy atom. The van der Waals surface area contributed by atoms with Crippen molar-refractivity contribution >= 4 is 23.4 Å². The van der Waals surface area contributed by atoms with E-state index in [1.165, 1.54) is 11.3 Å². The second kappa shape index (κ2) is 11.5. The highest BCUT2D eigenvalue weighted by molar-refractivity contribution is 7.07. The Kier molecular flexibility index (Phi) is 7.74. The summed E-state index contributed by atoms with van der Waals surface area (Å²) < 4.78 is 18.9. The molecule has 39 heavy (non-hydrogen) atoms. The first-order valence-corrected chi connectivity index (χ1v) is 13.4. The summed E-state index contributed by atoms with van der Waals surface area (Å²) >= 11 is 1.28. The number of nitrogens with zero attached hydrogens (tertiary/aromatic N) is 2. The van der Waals surface area contributed by atoms with Gasteiger partial charge in [-0.1, -0.05) is 72.0 Å². The van der Waals surface area contributed by atoms with Gasteiger partial charge in [-0.3, -0.25) is 9.36 Å². The normalized spacial score (nSPS) is 14.9.